The standard InChI is InChI=1S/C14H17N3O4S/c1-22-12-5-4-10(8-11(12)17(20)21)14(19)16-7-6-15-13(18)9-2-3-9/h4-5,8-9H,2-3,6-7H2,1H3,(H,15,18)(H,16,19). The highest BCUT2D eigenvalue weighted by Crippen LogP contribution is 2.29. The SMILES string of the molecule is CSc1ccc(C(=O)NCCNC(=O)C2CC2)cc1[N+](=O)[O-]. The lowest BCUT2D eigenvalue weighted by Crippen LogP contribution is -2.35. The number of nitrogens with one attached hydrogen (secondary N) is 2. The molecule has 118 valence electrons. The largest absolute Gasteiger partial charge is 0.354 e. The van der Waals surface area contributed by atoms with Crippen molar-refractivity contribution in [1.29, 1.82) is 0 Å². The average molecular weight is 323 g/mol. The van der Waals surface area contributed by atoms with E-state index in [2.05, 4.69) is 10.6 Å². The Balaban J connectivity index is 1.87. The van der Waals surface area contributed by atoms with Crippen LogP contribution in [0.25, 0.3) is 0 Å². The predicted molar refractivity (Wildman–Crippen MR) is 82.9 cm³/mol. The van der Waals surface area contributed by atoms with Crippen LogP contribution in [0.4, 0.5) is 5.69 Å². The maximum absolute atomic E-state index is 12.0. The minimum atomic E-state index is -0.502. The first kappa shape index (κ1) is 16.3. The quantitative estimate of drug-likeness (QED) is 0.343. The second-order valence-electron chi connectivity index (χ2n) is 4.96. The molecule has 1 aliphatic rings. The fourth-order valence-electron chi connectivity index (χ4n) is 1.93. The van der Waals surface area contributed by atoms with Gasteiger partial charge in [-0.25, -0.2) is 0 Å². The number of nitro groups is 1. The number of thioether (sulfide) groups is 1. The van der Waals surface area contributed by atoms with Crippen LogP contribution in [0.3, 0.4) is 0 Å². The van der Waals surface area contributed by atoms with E-state index in [4.69, 9.17) is 0 Å². The zero-order valence-electron chi connectivity index (χ0n) is 12.1. The van der Waals surface area contributed by atoms with Gasteiger partial charge in [-0.15, -0.1) is 11.8 Å². The molecule has 0 radical (unpaired) electrons. The van der Waals surface area contributed by atoms with Crippen molar-refractivity contribution in [1.82, 2.24) is 10.6 Å². The van der Waals surface area contributed by atoms with Gasteiger partial charge < -0.3 is 10.6 Å². The predicted octanol–water partition coefficient (Wildman–Crippen LogP) is 1.57. The van der Waals surface area contributed by atoms with Crippen LogP contribution in [0.5, 0.6) is 0 Å². The van der Waals surface area contributed by atoms with Gasteiger partial charge in [-0.05, 0) is 31.2 Å². The summed E-state index contributed by atoms with van der Waals surface area (Å²) >= 11 is 1.26. The van der Waals surface area contributed by atoms with Crippen LogP contribution in [0, 0.1) is 16.0 Å². The van der Waals surface area contributed by atoms with Gasteiger partial charge in [0.05, 0.1) is 9.82 Å². The van der Waals surface area contributed by atoms with Gasteiger partial charge in [0.15, 0.2) is 0 Å². The Kier molecular flexibility index (Phi) is 5.37. The van der Waals surface area contributed by atoms with Gasteiger partial charge in [0.2, 0.25) is 5.91 Å². The van der Waals surface area contributed by atoms with Gasteiger partial charge in [-0.2, -0.15) is 0 Å². The fraction of sp³-hybridized carbons (Fsp3) is 0.429. The minimum absolute atomic E-state index is 0.0224. The van der Waals surface area contributed by atoms with Gasteiger partial charge in [0, 0.05) is 30.6 Å². The number of carbonyl (C=O) groups excluding carboxylic acids is 2. The van der Waals surface area contributed by atoms with E-state index < -0.39 is 10.8 Å². The summed E-state index contributed by atoms with van der Waals surface area (Å²) < 4.78 is 0. The molecule has 0 bridgehead atoms. The van der Waals surface area contributed by atoms with E-state index >= 15 is 0 Å². The van der Waals surface area contributed by atoms with Crippen molar-refractivity contribution in [3.8, 4) is 0 Å². The van der Waals surface area contributed by atoms with Crippen LogP contribution in [-0.2, 0) is 4.79 Å². The Labute approximate surface area is 132 Å². The van der Waals surface area contributed by atoms with Crippen molar-refractivity contribution in [3.05, 3.63) is 33.9 Å². The van der Waals surface area contributed by atoms with E-state index in [1.165, 1.54) is 17.8 Å². The maximum atomic E-state index is 12.0. The first-order valence-electron chi connectivity index (χ1n) is 6.91. The second-order valence-corrected chi connectivity index (χ2v) is 5.81. The number of hydrogen-bond acceptors (Lipinski definition) is 5. The Bertz CT molecular complexity index is 602. The van der Waals surface area contributed by atoms with Crippen LogP contribution in [0.1, 0.15) is 23.2 Å². The molecule has 1 fully saturated rings. The second kappa shape index (κ2) is 7.26. The van der Waals surface area contributed by atoms with Gasteiger partial charge >= 0.3 is 0 Å². The topological polar surface area (TPSA) is 101 Å². The third-order valence-corrected chi connectivity index (χ3v) is 4.08. The number of rotatable bonds is 7. The van der Waals surface area contributed by atoms with E-state index in [0.717, 1.165) is 12.8 Å². The fourth-order valence-corrected chi connectivity index (χ4v) is 2.47. The molecule has 1 saturated carbocycles. The van der Waals surface area contributed by atoms with Crippen LogP contribution in [0.2, 0.25) is 0 Å². The van der Waals surface area contributed by atoms with Crippen molar-refractivity contribution in [2.75, 3.05) is 19.3 Å². The molecule has 22 heavy (non-hydrogen) atoms. The molecular weight excluding hydrogens is 306 g/mol. The van der Waals surface area contributed by atoms with Crippen LogP contribution in [0.15, 0.2) is 23.1 Å². The smallest absolute Gasteiger partial charge is 0.283 e. The molecule has 0 aromatic heterocycles. The van der Waals surface area contributed by atoms with E-state index in [1.54, 1.807) is 18.4 Å². The van der Waals surface area contributed by atoms with Crippen LogP contribution >= 0.6 is 11.8 Å². The number of carbonyl (C=O) groups is 2. The van der Waals surface area contributed by atoms with Crippen molar-refractivity contribution >= 4 is 29.3 Å². The van der Waals surface area contributed by atoms with Gasteiger partial charge in [0.1, 0.15) is 0 Å². The van der Waals surface area contributed by atoms with E-state index in [1.807, 2.05) is 0 Å². The molecule has 0 heterocycles. The van der Waals surface area contributed by atoms with Crippen molar-refractivity contribution in [3.63, 3.8) is 0 Å². The number of amides is 2. The molecule has 8 heteroatoms. The van der Waals surface area contributed by atoms with Gasteiger partial charge in [0.25, 0.3) is 11.6 Å². The molecule has 1 aliphatic carbocycles. The zero-order chi connectivity index (χ0) is 16.1. The Morgan fingerprint density at radius 2 is 2.00 bits per heavy atom. The normalized spacial score (nSPS) is 13.5. The van der Waals surface area contributed by atoms with Crippen molar-refractivity contribution in [2.24, 2.45) is 5.92 Å². The molecular formula is C14H17N3O4S. The summed E-state index contributed by atoms with van der Waals surface area (Å²) in [6.07, 6.45) is 3.61. The molecule has 0 saturated heterocycles. The molecule has 2 amide bonds. The molecule has 0 spiro atoms. The summed E-state index contributed by atoms with van der Waals surface area (Å²) in [5, 5.41) is 16.3. The Hall–Kier alpha value is -2.09. The van der Waals surface area contributed by atoms with E-state index in [0.29, 0.717) is 11.4 Å². The number of nitro benzene ring substituents is 1. The third kappa shape index (κ3) is 4.20. The number of benzene rings is 1. The average Bonchev–Trinajstić information content (AvgIpc) is 3.35. The highest BCUT2D eigenvalue weighted by atomic mass is 32.2. The Morgan fingerprint density at radius 3 is 2.59 bits per heavy atom. The third-order valence-electron chi connectivity index (χ3n) is 3.30. The van der Waals surface area contributed by atoms with Gasteiger partial charge in [-0.3, -0.25) is 19.7 Å². The van der Waals surface area contributed by atoms with E-state index in [9.17, 15) is 19.7 Å². The molecule has 1 aromatic carbocycles. The van der Waals surface area contributed by atoms with Crippen LogP contribution in [-0.4, -0.2) is 36.1 Å². The maximum Gasteiger partial charge on any atom is 0.283 e. The summed E-state index contributed by atoms with van der Waals surface area (Å²) in [6.45, 7) is 0.640. The van der Waals surface area contributed by atoms with Crippen LogP contribution < -0.4 is 10.6 Å². The lowest BCUT2D eigenvalue weighted by molar-refractivity contribution is -0.387. The molecule has 2 rings (SSSR count). The molecule has 1 aromatic rings. The lowest BCUT2D eigenvalue weighted by Gasteiger charge is -2.07. The first-order valence-corrected chi connectivity index (χ1v) is 8.13. The highest BCUT2D eigenvalue weighted by molar-refractivity contribution is 7.98. The lowest BCUT2D eigenvalue weighted by atomic mass is 10.2. The van der Waals surface area contributed by atoms with E-state index in [-0.39, 0.29) is 29.6 Å². The van der Waals surface area contributed by atoms with Crippen molar-refractivity contribution in [2.45, 2.75) is 17.7 Å². The summed E-state index contributed by atoms with van der Waals surface area (Å²) in [7, 11) is 0. The molecule has 0 aliphatic heterocycles. The Morgan fingerprint density at radius 1 is 1.32 bits per heavy atom. The van der Waals surface area contributed by atoms with Crippen molar-refractivity contribution < 1.29 is 14.5 Å². The molecule has 7 nitrogen and oxygen atoms in total. The minimum Gasteiger partial charge on any atom is -0.354 e. The molecule has 0 atom stereocenters. The summed E-state index contributed by atoms with van der Waals surface area (Å²) in [6, 6.07) is 4.38. The zero-order valence-corrected chi connectivity index (χ0v) is 12.9. The first-order chi connectivity index (χ1) is 10.5. The summed E-state index contributed by atoms with van der Waals surface area (Å²) in [5.74, 6) is -0.233. The van der Waals surface area contributed by atoms with Gasteiger partial charge in [-0.1, -0.05) is 0 Å². The number of nitrogens with zero attached hydrogens (tertiary/aromatic N) is 1. The molecule has 0 unspecified atom stereocenters. The number of hydrogen-bond donors (Lipinski definition) is 2. The monoisotopic (exact) mass is 323 g/mol. The highest BCUT2D eigenvalue weighted by Gasteiger charge is 2.29. The molecule has 2 N–H and O–H groups in total. The summed E-state index contributed by atoms with van der Waals surface area (Å²) in [5.41, 5.74) is 0.153. The summed E-state index contributed by atoms with van der Waals surface area (Å²) in [4.78, 5) is 34.4.